The lowest BCUT2D eigenvalue weighted by molar-refractivity contribution is -0.138. The van der Waals surface area contributed by atoms with Crippen molar-refractivity contribution < 1.29 is 31.1 Å². The Labute approximate surface area is 245 Å². The van der Waals surface area contributed by atoms with Gasteiger partial charge in [0.15, 0.2) is 5.82 Å². The van der Waals surface area contributed by atoms with E-state index in [-0.39, 0.29) is 49.3 Å². The summed E-state index contributed by atoms with van der Waals surface area (Å²) in [5.41, 5.74) is 1.06. The number of aryl methyl sites for hydroxylation is 1. The van der Waals surface area contributed by atoms with Crippen LogP contribution in [0, 0.1) is 12.7 Å². The number of carbonyl (C=O) groups is 1. The summed E-state index contributed by atoms with van der Waals surface area (Å²) in [6.07, 6.45) is -2.21. The smallest absolute Gasteiger partial charge is 0.369 e. The molecule has 3 aromatic rings. The molecule has 1 aromatic heterocycles. The van der Waals surface area contributed by atoms with Gasteiger partial charge in [-0.05, 0) is 43.0 Å². The van der Waals surface area contributed by atoms with Gasteiger partial charge in [-0.3, -0.25) is 9.58 Å². The number of halogens is 6. The number of para-hydroxylation sites is 1. The van der Waals surface area contributed by atoms with Gasteiger partial charge < -0.3 is 15.1 Å². The molecule has 2 aromatic carbocycles. The summed E-state index contributed by atoms with van der Waals surface area (Å²) >= 11 is 0. The number of hydrogen-bond donors (Lipinski definition) is 1. The number of urea groups is 1. The molecule has 0 bridgehead atoms. The summed E-state index contributed by atoms with van der Waals surface area (Å²) in [7, 11) is 0. The molecule has 1 N–H and O–H groups in total. The van der Waals surface area contributed by atoms with Gasteiger partial charge in [-0.15, -0.1) is 0 Å². The van der Waals surface area contributed by atoms with Gasteiger partial charge in [-0.1, -0.05) is 30.3 Å². The van der Waals surface area contributed by atoms with Crippen LogP contribution in [0.1, 0.15) is 41.5 Å². The molecule has 2 fully saturated rings. The van der Waals surface area contributed by atoms with Crippen LogP contribution in [0.4, 0.5) is 42.6 Å². The van der Waals surface area contributed by atoms with E-state index in [0.717, 1.165) is 11.6 Å². The minimum atomic E-state index is -4.62. The minimum absolute atomic E-state index is 0.0763. The van der Waals surface area contributed by atoms with Crippen LogP contribution in [0.5, 0.6) is 0 Å². The Morgan fingerprint density at radius 1 is 1.07 bits per heavy atom. The maximum absolute atomic E-state index is 14.6. The van der Waals surface area contributed by atoms with Gasteiger partial charge >= 0.3 is 12.2 Å². The molecule has 1 atom stereocenters. The first kappa shape index (κ1) is 29.3. The van der Waals surface area contributed by atoms with Crippen molar-refractivity contribution in [3.8, 4) is 0 Å². The molecular weight excluding hydrogens is 574 g/mol. The monoisotopic (exact) mass is 606 g/mol. The van der Waals surface area contributed by atoms with Crippen LogP contribution < -0.4 is 15.1 Å². The fourth-order valence-corrected chi connectivity index (χ4v) is 6.49. The molecule has 3 aliphatic rings. The zero-order chi connectivity index (χ0) is 30.5. The number of nitrogens with one attached hydrogen (secondary N) is 1. The summed E-state index contributed by atoms with van der Waals surface area (Å²) in [5.74, 6) is -2.91. The van der Waals surface area contributed by atoms with E-state index in [1.54, 1.807) is 17.2 Å². The number of benzene rings is 2. The Hall–Kier alpha value is -3.74. The highest BCUT2D eigenvalue weighted by Crippen LogP contribution is 2.37. The lowest BCUT2D eigenvalue weighted by Crippen LogP contribution is -2.54. The first-order valence-corrected chi connectivity index (χ1v) is 14.3. The molecule has 0 spiro atoms. The maximum Gasteiger partial charge on any atom is 0.416 e. The number of anilines is 2. The first-order valence-electron chi connectivity index (χ1n) is 14.3. The van der Waals surface area contributed by atoms with E-state index >= 15 is 0 Å². The van der Waals surface area contributed by atoms with Crippen molar-refractivity contribution in [2.75, 3.05) is 29.4 Å². The highest BCUT2D eigenvalue weighted by Gasteiger charge is 2.42. The molecule has 0 aliphatic carbocycles. The number of rotatable bonds is 6. The molecule has 0 radical (unpaired) electrons. The van der Waals surface area contributed by atoms with Crippen LogP contribution >= 0.6 is 0 Å². The van der Waals surface area contributed by atoms with Crippen LogP contribution in [0.15, 0.2) is 48.7 Å². The van der Waals surface area contributed by atoms with Crippen LogP contribution in [0.2, 0.25) is 0 Å². The van der Waals surface area contributed by atoms with Crippen molar-refractivity contribution in [3.05, 3.63) is 76.7 Å². The van der Waals surface area contributed by atoms with Crippen molar-refractivity contribution in [1.29, 1.82) is 0 Å². The van der Waals surface area contributed by atoms with Crippen LogP contribution in [0.3, 0.4) is 0 Å². The van der Waals surface area contributed by atoms with Gasteiger partial charge in [0.2, 0.25) is 0 Å². The second-order valence-electron chi connectivity index (χ2n) is 11.6. The van der Waals surface area contributed by atoms with Crippen LogP contribution in [-0.2, 0) is 25.8 Å². The largest absolute Gasteiger partial charge is 0.416 e. The average Bonchev–Trinajstić information content (AvgIpc) is 3.51. The molecular formula is C30H32F6N6O. The van der Waals surface area contributed by atoms with Gasteiger partial charge in [-0.2, -0.15) is 18.3 Å². The minimum Gasteiger partial charge on any atom is -0.369 e. The summed E-state index contributed by atoms with van der Waals surface area (Å²) < 4.78 is 85.3. The Kier molecular flexibility index (Phi) is 7.55. The quantitative estimate of drug-likeness (QED) is 0.352. The van der Waals surface area contributed by atoms with E-state index in [4.69, 9.17) is 0 Å². The van der Waals surface area contributed by atoms with Crippen molar-refractivity contribution >= 4 is 17.5 Å². The van der Waals surface area contributed by atoms with E-state index in [2.05, 4.69) is 10.4 Å². The maximum atomic E-state index is 14.6. The SMILES string of the molecule is Cc1cccc(F)c1N1CCC(N2Cc3cn(CC4CC(F)(F)CN4)nc3N(Cc3ccccc3C(F)(F)F)C2=O)CC1. The van der Waals surface area contributed by atoms with E-state index < -0.39 is 36.3 Å². The van der Waals surface area contributed by atoms with Crippen LogP contribution in [-0.4, -0.2) is 58.4 Å². The normalized spacial score (nSPS) is 21.0. The number of piperidine rings is 1. The molecule has 0 saturated carbocycles. The second-order valence-corrected chi connectivity index (χ2v) is 11.6. The first-order chi connectivity index (χ1) is 20.4. The summed E-state index contributed by atoms with van der Waals surface area (Å²) in [4.78, 5) is 18.9. The highest BCUT2D eigenvalue weighted by molar-refractivity contribution is 5.94. The second kappa shape index (κ2) is 11.1. The molecule has 13 heteroatoms. The van der Waals surface area contributed by atoms with Crippen molar-refractivity contribution in [2.24, 2.45) is 0 Å². The molecule has 3 aliphatic heterocycles. The third-order valence-corrected chi connectivity index (χ3v) is 8.55. The topological polar surface area (TPSA) is 56.6 Å². The van der Waals surface area contributed by atoms with E-state index in [9.17, 15) is 31.1 Å². The predicted octanol–water partition coefficient (Wildman–Crippen LogP) is 5.96. The van der Waals surface area contributed by atoms with Crippen molar-refractivity contribution in [2.45, 2.75) is 70.0 Å². The van der Waals surface area contributed by atoms with E-state index in [1.165, 1.54) is 33.8 Å². The Morgan fingerprint density at radius 2 is 1.81 bits per heavy atom. The Morgan fingerprint density at radius 3 is 2.49 bits per heavy atom. The van der Waals surface area contributed by atoms with E-state index in [1.807, 2.05) is 17.9 Å². The summed E-state index contributed by atoms with van der Waals surface area (Å²) in [6, 6.07) is 8.79. The van der Waals surface area contributed by atoms with Crippen LogP contribution in [0.25, 0.3) is 0 Å². The Balaban J connectivity index is 1.27. The number of carbonyl (C=O) groups excluding carboxylic acids is 1. The lowest BCUT2D eigenvalue weighted by Gasteiger charge is -2.43. The standard InChI is InChI=1S/C30H32F6N6O/c1-19-5-4-8-25(31)26(19)39-11-9-23(10-12-39)41-16-21-14-40(17-22-13-29(32,33)18-37-22)38-27(21)42(28(41)43)15-20-6-2-3-7-24(20)30(34,35)36/h2-8,14,22-23,37H,9-13,15-18H2,1H3. The Bertz CT molecular complexity index is 1480. The third-order valence-electron chi connectivity index (χ3n) is 8.55. The summed E-state index contributed by atoms with van der Waals surface area (Å²) in [5, 5.41) is 7.30. The molecule has 230 valence electrons. The number of nitrogens with zero attached hydrogens (tertiary/aromatic N) is 5. The average molecular weight is 607 g/mol. The number of aromatic nitrogens is 2. The van der Waals surface area contributed by atoms with Gasteiger partial charge in [0, 0.05) is 43.4 Å². The van der Waals surface area contributed by atoms with Gasteiger partial charge in [-0.25, -0.2) is 18.0 Å². The number of fused-ring (bicyclic) bond motifs is 1. The molecule has 1 unspecified atom stereocenters. The molecule has 2 saturated heterocycles. The highest BCUT2D eigenvalue weighted by atomic mass is 19.4. The molecule has 43 heavy (non-hydrogen) atoms. The number of alkyl halides is 5. The third kappa shape index (κ3) is 5.91. The van der Waals surface area contributed by atoms with Crippen molar-refractivity contribution in [3.63, 3.8) is 0 Å². The van der Waals surface area contributed by atoms with Gasteiger partial charge in [0.05, 0.1) is 37.4 Å². The molecule has 4 heterocycles. The zero-order valence-corrected chi connectivity index (χ0v) is 23.5. The summed E-state index contributed by atoms with van der Waals surface area (Å²) in [6.45, 7) is 2.37. The zero-order valence-electron chi connectivity index (χ0n) is 23.5. The van der Waals surface area contributed by atoms with Crippen molar-refractivity contribution in [1.82, 2.24) is 20.0 Å². The number of hydrogen-bond acceptors (Lipinski definition) is 4. The molecule has 6 rings (SSSR count). The number of amides is 2. The van der Waals surface area contributed by atoms with Gasteiger partial charge in [0.25, 0.3) is 5.92 Å². The fraction of sp³-hybridized carbons (Fsp3) is 0.467. The fourth-order valence-electron chi connectivity index (χ4n) is 6.49. The lowest BCUT2D eigenvalue weighted by atomic mass is 10.00. The van der Waals surface area contributed by atoms with Gasteiger partial charge in [0.1, 0.15) is 5.82 Å². The van der Waals surface area contributed by atoms with E-state index in [0.29, 0.717) is 37.2 Å². The molecule has 2 amide bonds. The molecule has 7 nitrogen and oxygen atoms in total. The predicted molar refractivity (Wildman–Crippen MR) is 149 cm³/mol.